The Morgan fingerprint density at radius 2 is 1.58 bits per heavy atom. The lowest BCUT2D eigenvalue weighted by molar-refractivity contribution is -0.143. The van der Waals surface area contributed by atoms with Gasteiger partial charge < -0.3 is 26.2 Å². The molecule has 0 radical (unpaired) electrons. The molecule has 3 atom stereocenters. The van der Waals surface area contributed by atoms with E-state index in [0.717, 1.165) is 43.6 Å². The van der Waals surface area contributed by atoms with Gasteiger partial charge in [-0.15, -0.1) is 30.1 Å². The van der Waals surface area contributed by atoms with Crippen molar-refractivity contribution in [2.75, 3.05) is 30.3 Å². The van der Waals surface area contributed by atoms with Gasteiger partial charge in [-0.05, 0) is 51.4 Å². The molecule has 2 heterocycles. The van der Waals surface area contributed by atoms with E-state index < -0.39 is 77.3 Å². The number of amides is 5. The summed E-state index contributed by atoms with van der Waals surface area (Å²) in [6, 6.07) is -3.60. The van der Waals surface area contributed by atoms with Crippen LogP contribution in [0.3, 0.4) is 0 Å². The molecule has 2 aliphatic carbocycles. The maximum Gasteiger partial charge on any atom is 0.315 e. The van der Waals surface area contributed by atoms with Crippen molar-refractivity contribution in [2.45, 2.75) is 132 Å². The number of ketones is 1. The SMILES string of the molecule is C=CCNC(=O)C(=O)C(CC1CC1)NC(=O)[C@@H]1CC2(CN1C(=O)[C@@H](NC(=O)NC1(CS(=O)(=O)C(C)(C)C)CCCCC1)C(C)(C)C)SCCS2. The Labute approximate surface area is 306 Å². The van der Waals surface area contributed by atoms with Gasteiger partial charge in [-0.1, -0.05) is 59.0 Å². The molecule has 1 unspecified atom stereocenters. The van der Waals surface area contributed by atoms with Crippen LogP contribution in [0.2, 0.25) is 0 Å². The van der Waals surface area contributed by atoms with E-state index in [1.54, 1.807) is 44.3 Å². The number of hydrogen-bond donors (Lipinski definition) is 4. The third-order valence-corrected chi connectivity index (χ3v) is 16.4. The molecule has 0 aromatic heterocycles. The third kappa shape index (κ3) is 9.99. The van der Waals surface area contributed by atoms with E-state index in [4.69, 9.17) is 0 Å². The third-order valence-electron chi connectivity index (χ3n) is 10.2. The Morgan fingerprint density at radius 3 is 2.12 bits per heavy atom. The van der Waals surface area contributed by atoms with E-state index in [1.807, 2.05) is 20.8 Å². The second-order valence-electron chi connectivity index (χ2n) is 16.5. The number of hydrogen-bond acceptors (Lipinski definition) is 9. The van der Waals surface area contributed by atoms with Gasteiger partial charge in [-0.25, -0.2) is 13.2 Å². The molecule has 4 N–H and O–H groups in total. The fourth-order valence-electron chi connectivity index (χ4n) is 6.94. The minimum absolute atomic E-state index is 0.124. The highest BCUT2D eigenvalue weighted by Crippen LogP contribution is 2.52. The van der Waals surface area contributed by atoms with Gasteiger partial charge in [0.05, 0.1) is 26.2 Å². The molecule has 50 heavy (non-hydrogen) atoms. The zero-order chi connectivity index (χ0) is 37.1. The number of urea groups is 1. The van der Waals surface area contributed by atoms with Gasteiger partial charge in [0.25, 0.3) is 5.91 Å². The topological polar surface area (TPSA) is 171 Å². The first-order chi connectivity index (χ1) is 23.2. The van der Waals surface area contributed by atoms with Gasteiger partial charge in [0.15, 0.2) is 9.84 Å². The summed E-state index contributed by atoms with van der Waals surface area (Å²) in [5.74, 6) is -0.643. The molecule has 15 heteroatoms. The van der Waals surface area contributed by atoms with Gasteiger partial charge in [-0.2, -0.15) is 0 Å². The maximum absolute atomic E-state index is 14.6. The summed E-state index contributed by atoms with van der Waals surface area (Å²) < 4.78 is 25.3. The zero-order valence-electron chi connectivity index (χ0n) is 30.5. The van der Waals surface area contributed by atoms with Crippen LogP contribution in [0.4, 0.5) is 4.79 Å². The largest absolute Gasteiger partial charge is 0.346 e. The van der Waals surface area contributed by atoms with Crippen molar-refractivity contribution in [3.05, 3.63) is 12.7 Å². The number of sulfone groups is 1. The summed E-state index contributed by atoms with van der Waals surface area (Å²) in [5, 5.41) is 11.3. The average Bonchev–Trinajstić information content (AvgIpc) is 3.59. The number of carbonyl (C=O) groups is 5. The Morgan fingerprint density at radius 1 is 0.960 bits per heavy atom. The van der Waals surface area contributed by atoms with Crippen molar-refractivity contribution in [3.8, 4) is 0 Å². The molecule has 0 bridgehead atoms. The fourth-order valence-corrected chi connectivity index (χ4v) is 11.7. The van der Waals surface area contributed by atoms with Gasteiger partial charge in [0, 0.05) is 31.0 Å². The van der Waals surface area contributed by atoms with Crippen LogP contribution < -0.4 is 21.3 Å². The summed E-state index contributed by atoms with van der Waals surface area (Å²) in [5.41, 5.74) is -1.73. The number of Topliss-reactive ketones (excluding diaryl/α,β-unsaturated/α-hetero) is 1. The second kappa shape index (κ2) is 15.8. The van der Waals surface area contributed by atoms with E-state index in [-0.39, 0.29) is 24.8 Å². The van der Waals surface area contributed by atoms with Crippen LogP contribution >= 0.6 is 23.5 Å². The highest BCUT2D eigenvalue weighted by Gasteiger charge is 2.54. The molecule has 12 nitrogen and oxygen atoms in total. The van der Waals surface area contributed by atoms with Crippen molar-refractivity contribution in [2.24, 2.45) is 11.3 Å². The van der Waals surface area contributed by atoms with Crippen LogP contribution in [0.5, 0.6) is 0 Å². The van der Waals surface area contributed by atoms with Crippen LogP contribution in [0, 0.1) is 11.3 Å². The molecule has 4 aliphatic rings. The first-order valence-corrected chi connectivity index (χ1v) is 21.5. The van der Waals surface area contributed by atoms with Crippen molar-refractivity contribution >= 4 is 62.9 Å². The van der Waals surface area contributed by atoms with E-state index in [1.165, 1.54) is 11.0 Å². The smallest absolute Gasteiger partial charge is 0.315 e. The summed E-state index contributed by atoms with van der Waals surface area (Å²) in [6.07, 6.45) is 7.57. The van der Waals surface area contributed by atoms with Crippen LogP contribution in [0.1, 0.15) is 99.3 Å². The zero-order valence-corrected chi connectivity index (χ0v) is 33.0. The summed E-state index contributed by atoms with van der Waals surface area (Å²) in [6.45, 7) is 14.5. The lowest BCUT2D eigenvalue weighted by Crippen LogP contribution is -2.63. The number of thioether (sulfide) groups is 2. The summed E-state index contributed by atoms with van der Waals surface area (Å²) >= 11 is 3.42. The molecule has 282 valence electrons. The van der Waals surface area contributed by atoms with Crippen molar-refractivity contribution in [1.82, 2.24) is 26.2 Å². The maximum atomic E-state index is 14.6. The number of rotatable bonds is 13. The lowest BCUT2D eigenvalue weighted by Gasteiger charge is -2.41. The molecule has 4 rings (SSSR count). The first-order valence-electron chi connectivity index (χ1n) is 17.8. The van der Waals surface area contributed by atoms with E-state index in [0.29, 0.717) is 25.7 Å². The minimum Gasteiger partial charge on any atom is -0.346 e. The Hall–Kier alpha value is -2.26. The van der Waals surface area contributed by atoms with Gasteiger partial charge in [0.2, 0.25) is 17.6 Å². The molecular weight excluding hydrogens is 699 g/mol. The highest BCUT2D eigenvalue weighted by molar-refractivity contribution is 8.21. The summed E-state index contributed by atoms with van der Waals surface area (Å²) in [4.78, 5) is 69.8. The Balaban J connectivity index is 1.57. The molecule has 5 amide bonds. The second-order valence-corrected chi connectivity index (χ2v) is 22.5. The van der Waals surface area contributed by atoms with E-state index in [2.05, 4.69) is 27.8 Å². The molecule has 2 saturated carbocycles. The lowest BCUT2D eigenvalue weighted by atomic mass is 9.83. The Kier molecular flexibility index (Phi) is 12.8. The van der Waals surface area contributed by atoms with Gasteiger partial charge in [0.1, 0.15) is 12.1 Å². The summed E-state index contributed by atoms with van der Waals surface area (Å²) in [7, 11) is -3.57. The van der Waals surface area contributed by atoms with Crippen LogP contribution in [0.15, 0.2) is 12.7 Å². The van der Waals surface area contributed by atoms with Crippen molar-refractivity contribution in [1.29, 1.82) is 0 Å². The molecular formula is C35H57N5O7S3. The standard InChI is InChI=1S/C35H57N5O7S3/c1-8-16-36-29(43)26(41)24(19-23-12-13-23)37-28(42)25-20-35(48-17-18-49-35)21-40(25)30(44)27(32(2,3)4)38-31(45)39-34(14-10-9-11-15-34)22-50(46,47)33(5,6)7/h8,23-25,27H,1,9-22H2,2-7H3,(H,36,43)(H,37,42)(H2,38,39,45)/t24?,25-,27+/m0/s1. The van der Waals surface area contributed by atoms with E-state index >= 15 is 0 Å². The van der Waals surface area contributed by atoms with Gasteiger partial charge >= 0.3 is 6.03 Å². The number of nitrogens with one attached hydrogen (secondary N) is 4. The molecule has 2 aliphatic heterocycles. The molecule has 2 saturated heterocycles. The minimum atomic E-state index is -3.57. The highest BCUT2D eigenvalue weighted by atomic mass is 32.2. The van der Waals surface area contributed by atoms with Crippen LogP contribution in [0.25, 0.3) is 0 Å². The number of likely N-dealkylation sites (tertiary alicyclic amines) is 1. The Bertz CT molecular complexity index is 1420. The fraction of sp³-hybridized carbons (Fsp3) is 0.800. The van der Waals surface area contributed by atoms with Crippen molar-refractivity contribution < 1.29 is 32.4 Å². The molecule has 1 spiro atoms. The number of nitrogens with zero attached hydrogens (tertiary/aromatic N) is 1. The molecule has 0 aromatic carbocycles. The monoisotopic (exact) mass is 755 g/mol. The quantitative estimate of drug-likeness (QED) is 0.162. The predicted octanol–water partition coefficient (Wildman–Crippen LogP) is 3.55. The average molecular weight is 756 g/mol. The molecule has 4 fully saturated rings. The van der Waals surface area contributed by atoms with Crippen LogP contribution in [-0.2, 0) is 29.0 Å². The predicted molar refractivity (Wildman–Crippen MR) is 200 cm³/mol. The molecule has 0 aromatic rings. The van der Waals surface area contributed by atoms with Gasteiger partial charge in [-0.3, -0.25) is 19.2 Å². The van der Waals surface area contributed by atoms with Crippen LogP contribution in [-0.4, -0.2) is 106 Å². The normalized spacial score (nSPS) is 23.1. The van der Waals surface area contributed by atoms with E-state index in [9.17, 15) is 32.4 Å². The number of carbonyl (C=O) groups excluding carboxylic acids is 5. The van der Waals surface area contributed by atoms with Crippen molar-refractivity contribution in [3.63, 3.8) is 0 Å². The first kappa shape index (κ1) is 40.5.